The number of aryl methyl sites for hydroxylation is 6. The third-order valence-corrected chi connectivity index (χ3v) is 5.53. The van der Waals surface area contributed by atoms with E-state index in [2.05, 4.69) is 114 Å². The van der Waals surface area contributed by atoms with Crippen molar-refractivity contribution in [3.63, 3.8) is 0 Å². The van der Waals surface area contributed by atoms with E-state index in [1.165, 1.54) is 33.4 Å². The molecule has 3 aromatic carbocycles. The molecule has 0 bridgehead atoms. The van der Waals surface area contributed by atoms with Crippen molar-refractivity contribution < 1.29 is 58.4 Å². The van der Waals surface area contributed by atoms with Gasteiger partial charge in [0.1, 0.15) is 0 Å². The van der Waals surface area contributed by atoms with Crippen molar-refractivity contribution in [3.8, 4) is 0 Å². The molecular weight excluding hydrogens is 705 g/mol. The fourth-order valence-electron chi connectivity index (χ4n) is 3.33. The first kappa shape index (κ1) is 48.6. The Hall–Kier alpha value is -0.470. The predicted octanol–water partition coefficient (Wildman–Crippen LogP) is 9.78. The fraction of sp³-hybridized carbons (Fsp3) is 0.364. The van der Waals surface area contributed by atoms with Gasteiger partial charge in [0, 0.05) is 58.4 Å². The molecule has 0 heterocycles. The molecule has 3 rings (SSSR count). The third-order valence-electron chi connectivity index (χ3n) is 5.53. The number of hydrogen-bond donors (Lipinski definition) is 0. The monoisotopic (exact) mass is 756 g/mol. The Kier molecular flexibility index (Phi) is 41.5. The first-order chi connectivity index (χ1) is 14.6. The van der Waals surface area contributed by atoms with E-state index in [-0.39, 0.29) is 80.7 Å². The van der Waals surface area contributed by atoms with Crippen molar-refractivity contribution in [3.05, 3.63) is 128 Å². The molecule has 0 aromatic heterocycles. The largest absolute Gasteiger partial charge is 0.358 e. The van der Waals surface area contributed by atoms with Crippen LogP contribution >= 0.6 is 0 Å². The van der Waals surface area contributed by atoms with Crippen molar-refractivity contribution in [2.75, 3.05) is 0 Å². The van der Waals surface area contributed by atoms with Crippen molar-refractivity contribution in [2.45, 2.75) is 80.1 Å². The van der Waals surface area contributed by atoms with Crippen LogP contribution in [0, 0.1) is 22.3 Å². The zero-order chi connectivity index (χ0) is 22.2. The molecule has 0 spiro atoms. The molecular formula is C33H51Rh3-3. The van der Waals surface area contributed by atoms with Crippen LogP contribution in [-0.2, 0) is 97.0 Å². The van der Waals surface area contributed by atoms with Crippen LogP contribution in [0.2, 0.25) is 0 Å². The van der Waals surface area contributed by atoms with Gasteiger partial charge < -0.3 is 22.3 Å². The van der Waals surface area contributed by atoms with Gasteiger partial charge in [0.2, 0.25) is 0 Å². The summed E-state index contributed by atoms with van der Waals surface area (Å²) >= 11 is 0. The Morgan fingerprint density at radius 3 is 0.917 bits per heavy atom. The number of hydrogen-bond acceptors (Lipinski definition) is 0. The summed E-state index contributed by atoms with van der Waals surface area (Å²) in [5, 5.41) is 0. The minimum absolute atomic E-state index is 0. The van der Waals surface area contributed by atoms with Crippen LogP contribution in [0.4, 0.5) is 0 Å². The Morgan fingerprint density at radius 1 is 0.361 bits per heavy atom. The molecule has 3 aromatic rings. The molecule has 36 heavy (non-hydrogen) atoms. The predicted molar refractivity (Wildman–Crippen MR) is 155 cm³/mol. The molecule has 0 N–H and O–H groups in total. The van der Waals surface area contributed by atoms with E-state index in [0.29, 0.717) is 0 Å². The van der Waals surface area contributed by atoms with E-state index in [9.17, 15) is 0 Å². The SMILES string of the molecule is CCc1ccc(CC)cc1.CCc1cccc(CC)c1.CCc1ccccc1CC.[CH3-].[CH3-].[CH3-].[Rh].[Rh].[Rh]. The van der Waals surface area contributed by atoms with Gasteiger partial charge in [0.25, 0.3) is 0 Å². The standard InChI is InChI=1S/3C10H14.3CH3.3Rh/c1-3-9-5-7-10(4-2)8-6-9;1-3-9-6-5-7-10(4-2)8-9;1-3-9-7-5-6-8-10(9)4-2;;;;;;/h3*5-8H,3-4H2,1-2H3;3*1H3;;;/q;;;3*-1;;;. The quantitative estimate of drug-likeness (QED) is 0.174. The summed E-state index contributed by atoms with van der Waals surface area (Å²) in [4.78, 5) is 0. The molecule has 0 aliphatic rings. The van der Waals surface area contributed by atoms with Gasteiger partial charge in [-0.1, -0.05) is 114 Å². The van der Waals surface area contributed by atoms with Gasteiger partial charge in [-0.15, -0.1) is 0 Å². The molecule has 3 radical (unpaired) electrons. The summed E-state index contributed by atoms with van der Waals surface area (Å²) in [6.45, 7) is 13.1. The number of benzene rings is 3. The van der Waals surface area contributed by atoms with Gasteiger partial charge in [-0.3, -0.25) is 0 Å². The molecule has 0 fully saturated rings. The van der Waals surface area contributed by atoms with Crippen molar-refractivity contribution in [1.82, 2.24) is 0 Å². The minimum Gasteiger partial charge on any atom is -0.358 e. The van der Waals surface area contributed by atoms with Crippen LogP contribution in [0.1, 0.15) is 74.9 Å². The summed E-state index contributed by atoms with van der Waals surface area (Å²) in [5.74, 6) is 0. The molecule has 0 atom stereocenters. The minimum atomic E-state index is 0. The number of rotatable bonds is 6. The van der Waals surface area contributed by atoms with Gasteiger partial charge >= 0.3 is 0 Å². The van der Waals surface area contributed by atoms with Crippen LogP contribution in [0.5, 0.6) is 0 Å². The van der Waals surface area contributed by atoms with E-state index < -0.39 is 0 Å². The van der Waals surface area contributed by atoms with Crippen LogP contribution in [0.15, 0.2) is 72.8 Å². The second kappa shape index (κ2) is 30.8. The normalized spacial score (nSPS) is 8.17. The van der Waals surface area contributed by atoms with Crippen molar-refractivity contribution in [1.29, 1.82) is 0 Å². The Bertz CT molecular complexity index is 761. The van der Waals surface area contributed by atoms with Gasteiger partial charge in [0.15, 0.2) is 0 Å². The maximum absolute atomic E-state index is 2.28. The summed E-state index contributed by atoms with van der Waals surface area (Å²) in [7, 11) is 0. The summed E-state index contributed by atoms with van der Waals surface area (Å²) in [5.41, 5.74) is 8.73. The van der Waals surface area contributed by atoms with Crippen LogP contribution in [0.3, 0.4) is 0 Å². The molecule has 0 unspecified atom stereocenters. The molecule has 0 saturated heterocycles. The fourth-order valence-corrected chi connectivity index (χ4v) is 3.33. The maximum Gasteiger partial charge on any atom is 0 e. The Morgan fingerprint density at radius 2 is 0.667 bits per heavy atom. The zero-order valence-electron chi connectivity index (χ0n) is 24.2. The van der Waals surface area contributed by atoms with Gasteiger partial charge in [-0.2, -0.15) is 0 Å². The molecule has 0 saturated carbocycles. The van der Waals surface area contributed by atoms with Gasteiger partial charge in [0.05, 0.1) is 0 Å². The summed E-state index contributed by atoms with van der Waals surface area (Å²) in [6, 6.07) is 26.2. The Labute approximate surface area is 265 Å². The van der Waals surface area contributed by atoms with Crippen LogP contribution in [-0.4, -0.2) is 0 Å². The van der Waals surface area contributed by atoms with E-state index in [1.54, 1.807) is 0 Å². The molecule has 3 heteroatoms. The van der Waals surface area contributed by atoms with Crippen LogP contribution < -0.4 is 0 Å². The second-order valence-electron chi connectivity index (χ2n) is 7.53. The van der Waals surface area contributed by atoms with E-state index in [1.807, 2.05) is 0 Å². The topological polar surface area (TPSA) is 0 Å². The molecule has 0 aliphatic heterocycles. The summed E-state index contributed by atoms with van der Waals surface area (Å²) < 4.78 is 0. The first-order valence-corrected chi connectivity index (χ1v) is 11.8. The Balaban J connectivity index is -0.0000000865. The molecule has 0 amide bonds. The molecule has 0 aliphatic carbocycles. The first-order valence-electron chi connectivity index (χ1n) is 11.8. The van der Waals surface area contributed by atoms with Crippen molar-refractivity contribution in [2.24, 2.45) is 0 Å². The third kappa shape index (κ3) is 19.6. The van der Waals surface area contributed by atoms with Gasteiger partial charge in [-0.25, -0.2) is 0 Å². The van der Waals surface area contributed by atoms with E-state index >= 15 is 0 Å². The average Bonchev–Trinajstić information content (AvgIpc) is 2.84. The smallest absolute Gasteiger partial charge is 0 e. The second-order valence-corrected chi connectivity index (χ2v) is 7.53. The van der Waals surface area contributed by atoms with Crippen LogP contribution in [0.25, 0.3) is 0 Å². The van der Waals surface area contributed by atoms with Gasteiger partial charge in [-0.05, 0) is 71.9 Å². The maximum atomic E-state index is 2.28. The van der Waals surface area contributed by atoms with Crippen molar-refractivity contribution >= 4 is 0 Å². The average molecular weight is 756 g/mol. The van der Waals surface area contributed by atoms with E-state index in [0.717, 1.165) is 38.5 Å². The summed E-state index contributed by atoms with van der Waals surface area (Å²) in [6.07, 6.45) is 6.89. The molecule has 0 nitrogen and oxygen atoms in total. The van der Waals surface area contributed by atoms with E-state index in [4.69, 9.17) is 0 Å². The zero-order valence-corrected chi connectivity index (χ0v) is 29.1. The molecule has 213 valence electrons.